The highest BCUT2D eigenvalue weighted by atomic mass is 32.1. The summed E-state index contributed by atoms with van der Waals surface area (Å²) in [6.07, 6.45) is 2.43. The molecule has 1 aromatic heterocycles. The smallest absolute Gasteiger partial charge is 0.170 e. The number of benzene rings is 2. The lowest BCUT2D eigenvalue weighted by Gasteiger charge is -2.09. The molecule has 5 heteroatoms. The van der Waals surface area contributed by atoms with Crippen molar-refractivity contribution in [2.24, 2.45) is 0 Å². The summed E-state index contributed by atoms with van der Waals surface area (Å²) in [4.78, 5) is 7.94. The normalized spacial score (nSPS) is 14.0. The van der Waals surface area contributed by atoms with Gasteiger partial charge in [-0.2, -0.15) is 0 Å². The Labute approximate surface area is 134 Å². The van der Waals surface area contributed by atoms with E-state index < -0.39 is 0 Å². The van der Waals surface area contributed by atoms with E-state index in [2.05, 4.69) is 20.6 Å². The van der Waals surface area contributed by atoms with Crippen molar-refractivity contribution in [2.75, 3.05) is 5.32 Å². The maximum atomic E-state index is 5.28. The first-order chi connectivity index (χ1) is 10.8. The van der Waals surface area contributed by atoms with Gasteiger partial charge < -0.3 is 15.6 Å². The zero-order valence-corrected chi connectivity index (χ0v) is 12.8. The minimum atomic E-state index is 0.565. The third-order valence-electron chi connectivity index (χ3n) is 3.72. The molecule has 22 heavy (non-hydrogen) atoms. The summed E-state index contributed by atoms with van der Waals surface area (Å²) in [5.74, 6) is 0.881. The third-order valence-corrected chi connectivity index (χ3v) is 3.94. The summed E-state index contributed by atoms with van der Waals surface area (Å²) in [5, 5.41) is 7.17. The number of fused-ring (bicyclic) bond motifs is 1. The number of rotatable bonds is 3. The number of anilines is 1. The molecule has 0 unspecified atom stereocenters. The molecule has 0 atom stereocenters. The number of aromatic amines is 1. The highest BCUT2D eigenvalue weighted by molar-refractivity contribution is 7.80. The van der Waals surface area contributed by atoms with Crippen LogP contribution in [0.4, 0.5) is 5.69 Å². The van der Waals surface area contributed by atoms with Crippen molar-refractivity contribution in [3.8, 4) is 11.4 Å². The van der Waals surface area contributed by atoms with E-state index in [0.29, 0.717) is 11.2 Å². The Balaban J connectivity index is 1.51. The van der Waals surface area contributed by atoms with Crippen molar-refractivity contribution >= 4 is 34.1 Å². The number of hydrogen-bond donors (Lipinski definition) is 3. The van der Waals surface area contributed by atoms with E-state index in [0.717, 1.165) is 28.1 Å². The zero-order chi connectivity index (χ0) is 14.9. The molecule has 1 saturated carbocycles. The number of nitrogens with one attached hydrogen (secondary N) is 3. The van der Waals surface area contributed by atoms with Gasteiger partial charge in [-0.05, 0) is 61.5 Å². The molecule has 1 aliphatic carbocycles. The molecule has 4 rings (SSSR count). The molecule has 0 spiro atoms. The summed E-state index contributed by atoms with van der Waals surface area (Å²) in [7, 11) is 0. The van der Waals surface area contributed by atoms with E-state index in [9.17, 15) is 0 Å². The fourth-order valence-corrected chi connectivity index (χ4v) is 2.67. The summed E-state index contributed by atoms with van der Waals surface area (Å²) in [6.45, 7) is 0. The van der Waals surface area contributed by atoms with Crippen molar-refractivity contribution in [3.05, 3.63) is 48.5 Å². The lowest BCUT2D eigenvalue weighted by molar-refractivity contribution is 0.919. The Bertz CT molecular complexity index is 785. The molecular formula is C17H16N4S. The van der Waals surface area contributed by atoms with E-state index >= 15 is 0 Å². The number of hydrogen-bond acceptors (Lipinski definition) is 2. The molecule has 4 nitrogen and oxygen atoms in total. The first kappa shape index (κ1) is 13.3. The van der Waals surface area contributed by atoms with Gasteiger partial charge in [0.05, 0.1) is 11.0 Å². The maximum Gasteiger partial charge on any atom is 0.170 e. The lowest BCUT2D eigenvalue weighted by Crippen LogP contribution is -2.30. The van der Waals surface area contributed by atoms with E-state index in [-0.39, 0.29) is 0 Å². The molecule has 0 saturated heterocycles. The van der Waals surface area contributed by atoms with E-state index in [1.807, 2.05) is 48.5 Å². The third kappa shape index (κ3) is 2.80. The highest BCUT2D eigenvalue weighted by Crippen LogP contribution is 2.22. The molecule has 0 bridgehead atoms. The second-order valence-corrected chi connectivity index (χ2v) is 5.96. The molecule has 0 radical (unpaired) electrons. The number of para-hydroxylation sites is 2. The van der Waals surface area contributed by atoms with Crippen LogP contribution in [0, 0.1) is 0 Å². The molecule has 0 amide bonds. The predicted octanol–water partition coefficient (Wildman–Crippen LogP) is 3.68. The van der Waals surface area contributed by atoms with E-state index in [1.165, 1.54) is 12.8 Å². The van der Waals surface area contributed by atoms with Crippen LogP contribution in [0.3, 0.4) is 0 Å². The van der Waals surface area contributed by atoms with Crippen LogP contribution in [0.15, 0.2) is 48.5 Å². The van der Waals surface area contributed by atoms with Crippen LogP contribution in [0.1, 0.15) is 12.8 Å². The van der Waals surface area contributed by atoms with Crippen LogP contribution in [-0.4, -0.2) is 21.1 Å². The van der Waals surface area contributed by atoms with Crippen molar-refractivity contribution < 1.29 is 0 Å². The van der Waals surface area contributed by atoms with Crippen LogP contribution < -0.4 is 10.6 Å². The van der Waals surface area contributed by atoms with E-state index in [4.69, 9.17) is 12.2 Å². The quantitative estimate of drug-likeness (QED) is 0.646. The average Bonchev–Trinajstić information content (AvgIpc) is 3.23. The SMILES string of the molecule is S=C(Nc1ccc(-c2nc3ccccc3[nH]2)cc1)NC1CC1. The summed E-state index contributed by atoms with van der Waals surface area (Å²) < 4.78 is 0. The van der Waals surface area contributed by atoms with Gasteiger partial charge in [-0.25, -0.2) is 4.98 Å². The molecule has 2 aromatic carbocycles. The fraction of sp³-hybridized carbons (Fsp3) is 0.176. The lowest BCUT2D eigenvalue weighted by atomic mass is 10.2. The summed E-state index contributed by atoms with van der Waals surface area (Å²) in [5.41, 5.74) is 4.07. The van der Waals surface area contributed by atoms with Gasteiger partial charge in [-0.3, -0.25) is 0 Å². The maximum absolute atomic E-state index is 5.28. The van der Waals surface area contributed by atoms with Gasteiger partial charge in [0.25, 0.3) is 0 Å². The monoisotopic (exact) mass is 308 g/mol. The molecule has 0 aliphatic heterocycles. The standard InChI is InChI=1S/C17H16N4S/c22-17(19-13-9-10-13)18-12-7-5-11(6-8-12)16-20-14-3-1-2-4-15(14)21-16/h1-8,13H,9-10H2,(H,20,21)(H2,18,19,22). The van der Waals surface area contributed by atoms with E-state index in [1.54, 1.807) is 0 Å². The van der Waals surface area contributed by atoms with Gasteiger partial charge in [-0.1, -0.05) is 12.1 Å². The minimum absolute atomic E-state index is 0.565. The Hall–Kier alpha value is -2.40. The summed E-state index contributed by atoms with van der Waals surface area (Å²) >= 11 is 5.28. The van der Waals surface area contributed by atoms with Crippen LogP contribution >= 0.6 is 12.2 Å². The van der Waals surface area contributed by atoms with Crippen LogP contribution in [0.5, 0.6) is 0 Å². The molecule has 110 valence electrons. The van der Waals surface area contributed by atoms with Crippen LogP contribution in [-0.2, 0) is 0 Å². The molecule has 1 fully saturated rings. The summed E-state index contributed by atoms with van der Waals surface area (Å²) in [6, 6.07) is 16.7. The topological polar surface area (TPSA) is 52.7 Å². The molecule has 1 aliphatic rings. The Kier molecular flexibility index (Phi) is 3.27. The zero-order valence-electron chi connectivity index (χ0n) is 12.0. The number of aromatic nitrogens is 2. The number of thiocarbonyl (C=S) groups is 1. The van der Waals surface area contributed by atoms with Crippen molar-refractivity contribution in [1.82, 2.24) is 15.3 Å². The number of nitrogens with zero attached hydrogens (tertiary/aromatic N) is 1. The van der Waals surface area contributed by atoms with Gasteiger partial charge in [0.15, 0.2) is 5.11 Å². The molecule has 3 aromatic rings. The fourth-order valence-electron chi connectivity index (χ4n) is 2.38. The van der Waals surface area contributed by atoms with Crippen molar-refractivity contribution in [2.45, 2.75) is 18.9 Å². The Morgan fingerprint density at radius 1 is 1.09 bits per heavy atom. The Morgan fingerprint density at radius 3 is 2.59 bits per heavy atom. The van der Waals surface area contributed by atoms with Gasteiger partial charge in [-0.15, -0.1) is 0 Å². The van der Waals surface area contributed by atoms with Crippen LogP contribution in [0.25, 0.3) is 22.4 Å². The van der Waals surface area contributed by atoms with Crippen molar-refractivity contribution in [3.63, 3.8) is 0 Å². The predicted molar refractivity (Wildman–Crippen MR) is 93.9 cm³/mol. The van der Waals surface area contributed by atoms with Crippen LogP contribution in [0.2, 0.25) is 0 Å². The van der Waals surface area contributed by atoms with Gasteiger partial charge in [0.2, 0.25) is 0 Å². The molecule has 1 heterocycles. The first-order valence-electron chi connectivity index (χ1n) is 7.41. The second kappa shape index (κ2) is 5.42. The number of H-pyrrole nitrogens is 1. The van der Waals surface area contributed by atoms with Gasteiger partial charge in [0, 0.05) is 17.3 Å². The number of imidazole rings is 1. The van der Waals surface area contributed by atoms with Gasteiger partial charge >= 0.3 is 0 Å². The Morgan fingerprint density at radius 2 is 1.86 bits per heavy atom. The van der Waals surface area contributed by atoms with Gasteiger partial charge in [0.1, 0.15) is 5.82 Å². The first-order valence-corrected chi connectivity index (χ1v) is 7.81. The average molecular weight is 308 g/mol. The largest absolute Gasteiger partial charge is 0.360 e. The highest BCUT2D eigenvalue weighted by Gasteiger charge is 2.21. The molecule has 3 N–H and O–H groups in total. The van der Waals surface area contributed by atoms with Crippen molar-refractivity contribution in [1.29, 1.82) is 0 Å². The molecular weight excluding hydrogens is 292 g/mol. The second-order valence-electron chi connectivity index (χ2n) is 5.55. The minimum Gasteiger partial charge on any atom is -0.360 e.